The summed E-state index contributed by atoms with van der Waals surface area (Å²) >= 11 is 5.60. The Morgan fingerprint density at radius 2 is 1.75 bits per heavy atom. The number of rotatable bonds is 5. The third kappa shape index (κ3) is 4.88. The highest BCUT2D eigenvalue weighted by atomic mass is 32.1. The summed E-state index contributed by atoms with van der Waals surface area (Å²) in [7, 11) is 0. The van der Waals surface area contributed by atoms with Crippen LogP contribution in [0.3, 0.4) is 0 Å². The molecule has 0 saturated carbocycles. The molecule has 8 nitrogen and oxygen atoms in total. The summed E-state index contributed by atoms with van der Waals surface area (Å²) in [6.45, 7) is 6.82. The summed E-state index contributed by atoms with van der Waals surface area (Å²) < 4.78 is 10.9. The molecule has 2 aromatic carbocycles. The summed E-state index contributed by atoms with van der Waals surface area (Å²) in [5, 5.41) is 6.97. The van der Waals surface area contributed by atoms with Crippen molar-refractivity contribution in [3.05, 3.63) is 65.2 Å². The lowest BCUT2D eigenvalue weighted by atomic mass is 10.0. The SMILES string of the molecule is CC1CCCN(c2cc(N3Cc4ccccc4C3)nc(NC(=S)NCc3ccc4c(c3)OCO4)n2)C1. The van der Waals surface area contributed by atoms with Crippen molar-refractivity contribution in [1.29, 1.82) is 0 Å². The van der Waals surface area contributed by atoms with Gasteiger partial charge < -0.3 is 29.9 Å². The number of ether oxygens (including phenoxy) is 2. The maximum atomic E-state index is 5.60. The first-order valence-corrected chi connectivity index (χ1v) is 12.9. The number of aromatic nitrogens is 2. The standard InChI is InChI=1S/C27H30N6O2S/c1-18-5-4-10-32(14-18)24-12-25(33-15-20-6-2-3-7-21(20)16-33)30-26(29-24)31-27(36)28-13-19-8-9-22-23(11-19)35-17-34-22/h2-3,6-9,11-12,18H,4-5,10,13-17H2,1H3,(H2,28,29,30,31,36). The van der Waals surface area contributed by atoms with Gasteiger partial charge in [-0.25, -0.2) is 0 Å². The average molecular weight is 503 g/mol. The van der Waals surface area contributed by atoms with Gasteiger partial charge in [0.1, 0.15) is 11.6 Å². The summed E-state index contributed by atoms with van der Waals surface area (Å²) in [4.78, 5) is 14.4. The molecule has 0 amide bonds. The third-order valence-corrected chi connectivity index (χ3v) is 7.21. The third-order valence-electron chi connectivity index (χ3n) is 6.96. The van der Waals surface area contributed by atoms with Crippen molar-refractivity contribution in [2.24, 2.45) is 5.92 Å². The van der Waals surface area contributed by atoms with E-state index in [9.17, 15) is 0 Å². The largest absolute Gasteiger partial charge is 0.454 e. The maximum Gasteiger partial charge on any atom is 0.232 e. The molecule has 4 heterocycles. The van der Waals surface area contributed by atoms with Crippen molar-refractivity contribution in [3.8, 4) is 11.5 Å². The summed E-state index contributed by atoms with van der Waals surface area (Å²) in [5.74, 6) is 4.55. The number of anilines is 3. The molecular formula is C27H30N6O2S. The second kappa shape index (κ2) is 9.81. The zero-order valence-corrected chi connectivity index (χ0v) is 21.2. The Balaban J connectivity index is 1.19. The van der Waals surface area contributed by atoms with Gasteiger partial charge >= 0.3 is 0 Å². The zero-order valence-electron chi connectivity index (χ0n) is 20.4. The molecule has 1 aromatic heterocycles. The van der Waals surface area contributed by atoms with Gasteiger partial charge in [-0.05, 0) is 59.8 Å². The van der Waals surface area contributed by atoms with Crippen LogP contribution in [-0.4, -0.2) is 35.0 Å². The van der Waals surface area contributed by atoms with E-state index in [1.54, 1.807) is 0 Å². The van der Waals surface area contributed by atoms with Crippen LogP contribution in [0, 0.1) is 5.92 Å². The van der Waals surface area contributed by atoms with E-state index in [0.717, 1.165) is 54.9 Å². The molecule has 0 aliphatic carbocycles. The van der Waals surface area contributed by atoms with Gasteiger partial charge in [0, 0.05) is 38.8 Å². The summed E-state index contributed by atoms with van der Waals surface area (Å²) in [6.07, 6.45) is 2.43. The number of hydrogen-bond donors (Lipinski definition) is 2. The first-order valence-electron chi connectivity index (χ1n) is 12.5. The van der Waals surface area contributed by atoms with E-state index in [1.807, 2.05) is 18.2 Å². The maximum absolute atomic E-state index is 5.60. The van der Waals surface area contributed by atoms with Crippen molar-refractivity contribution in [3.63, 3.8) is 0 Å². The van der Waals surface area contributed by atoms with Gasteiger partial charge in [-0.15, -0.1) is 0 Å². The van der Waals surface area contributed by atoms with Crippen LogP contribution >= 0.6 is 12.2 Å². The lowest BCUT2D eigenvalue weighted by molar-refractivity contribution is 0.174. The highest BCUT2D eigenvalue weighted by Crippen LogP contribution is 2.33. The van der Waals surface area contributed by atoms with Crippen LogP contribution in [-0.2, 0) is 19.6 Å². The van der Waals surface area contributed by atoms with Crippen LogP contribution in [0.2, 0.25) is 0 Å². The van der Waals surface area contributed by atoms with Gasteiger partial charge in [-0.1, -0.05) is 37.3 Å². The number of nitrogens with zero attached hydrogens (tertiary/aromatic N) is 4. The molecule has 0 spiro atoms. The van der Waals surface area contributed by atoms with Crippen LogP contribution in [0.5, 0.6) is 11.5 Å². The van der Waals surface area contributed by atoms with E-state index in [-0.39, 0.29) is 6.79 Å². The van der Waals surface area contributed by atoms with Crippen LogP contribution in [0.15, 0.2) is 48.5 Å². The number of fused-ring (bicyclic) bond motifs is 2. The van der Waals surface area contributed by atoms with Gasteiger partial charge in [0.2, 0.25) is 12.7 Å². The lowest BCUT2D eigenvalue weighted by Gasteiger charge is -2.32. The molecule has 0 bridgehead atoms. The van der Waals surface area contributed by atoms with Crippen molar-refractivity contribution in [1.82, 2.24) is 15.3 Å². The minimum Gasteiger partial charge on any atom is -0.454 e. The van der Waals surface area contributed by atoms with Crippen LogP contribution < -0.4 is 29.9 Å². The first-order chi connectivity index (χ1) is 17.6. The number of benzene rings is 2. The quantitative estimate of drug-likeness (QED) is 0.492. The molecule has 36 heavy (non-hydrogen) atoms. The molecule has 0 radical (unpaired) electrons. The van der Waals surface area contributed by atoms with Crippen LogP contribution in [0.25, 0.3) is 0 Å². The van der Waals surface area contributed by atoms with E-state index >= 15 is 0 Å². The molecule has 9 heteroatoms. The molecule has 3 aromatic rings. The molecule has 1 unspecified atom stereocenters. The van der Waals surface area contributed by atoms with Gasteiger partial charge in [-0.3, -0.25) is 0 Å². The number of hydrogen-bond acceptors (Lipinski definition) is 7. The monoisotopic (exact) mass is 502 g/mol. The molecule has 2 N–H and O–H groups in total. The topological polar surface area (TPSA) is 74.8 Å². The Labute approximate surface area is 216 Å². The van der Waals surface area contributed by atoms with E-state index < -0.39 is 0 Å². The van der Waals surface area contributed by atoms with Crippen molar-refractivity contribution in [2.45, 2.75) is 39.4 Å². The van der Waals surface area contributed by atoms with E-state index in [0.29, 0.717) is 23.5 Å². The molecule has 186 valence electrons. The van der Waals surface area contributed by atoms with Crippen molar-refractivity contribution < 1.29 is 9.47 Å². The molecule has 6 rings (SSSR count). The van der Waals surface area contributed by atoms with E-state index in [2.05, 4.69) is 57.7 Å². The van der Waals surface area contributed by atoms with Crippen LogP contribution in [0.1, 0.15) is 36.5 Å². The molecule has 3 aliphatic rings. The molecule has 1 saturated heterocycles. The van der Waals surface area contributed by atoms with Crippen LogP contribution in [0.4, 0.5) is 17.6 Å². The zero-order chi connectivity index (χ0) is 24.5. The Morgan fingerprint density at radius 3 is 2.53 bits per heavy atom. The minimum atomic E-state index is 0.264. The fraction of sp³-hybridized carbons (Fsp3) is 0.370. The summed E-state index contributed by atoms with van der Waals surface area (Å²) in [6, 6.07) is 16.6. The van der Waals surface area contributed by atoms with Gasteiger partial charge in [0.25, 0.3) is 0 Å². The van der Waals surface area contributed by atoms with Gasteiger partial charge in [0.15, 0.2) is 16.6 Å². The lowest BCUT2D eigenvalue weighted by Crippen LogP contribution is -2.35. The van der Waals surface area contributed by atoms with Gasteiger partial charge in [0.05, 0.1) is 0 Å². The summed E-state index contributed by atoms with van der Waals surface area (Å²) in [5.41, 5.74) is 3.75. The molecule has 3 aliphatic heterocycles. The van der Waals surface area contributed by atoms with Crippen molar-refractivity contribution >= 4 is 34.9 Å². The predicted molar refractivity (Wildman–Crippen MR) is 145 cm³/mol. The molecular weight excluding hydrogens is 472 g/mol. The number of nitrogens with one attached hydrogen (secondary N) is 2. The van der Waals surface area contributed by atoms with Gasteiger partial charge in [-0.2, -0.15) is 9.97 Å². The minimum absolute atomic E-state index is 0.264. The fourth-order valence-corrected chi connectivity index (χ4v) is 5.24. The molecule has 1 fully saturated rings. The highest BCUT2D eigenvalue weighted by molar-refractivity contribution is 7.80. The normalized spacial score (nSPS) is 18.2. The van der Waals surface area contributed by atoms with E-state index in [1.165, 1.54) is 24.0 Å². The molecule has 1 atom stereocenters. The average Bonchev–Trinajstić information content (AvgIpc) is 3.54. The Hall–Kier alpha value is -3.59. The van der Waals surface area contributed by atoms with E-state index in [4.69, 9.17) is 31.7 Å². The fourth-order valence-electron chi connectivity index (χ4n) is 5.07. The Bertz CT molecular complexity index is 1260. The predicted octanol–water partition coefficient (Wildman–Crippen LogP) is 4.45. The second-order valence-electron chi connectivity index (χ2n) is 9.72. The Morgan fingerprint density at radius 1 is 1.00 bits per heavy atom. The first kappa shape index (κ1) is 22.8. The number of piperidine rings is 1. The highest BCUT2D eigenvalue weighted by Gasteiger charge is 2.24. The second-order valence-corrected chi connectivity index (χ2v) is 10.1. The van der Waals surface area contributed by atoms with Crippen molar-refractivity contribution in [2.75, 3.05) is 35.0 Å². The smallest absolute Gasteiger partial charge is 0.232 e. The number of thiocarbonyl (C=S) groups is 1. The Kier molecular flexibility index (Phi) is 6.23.